The van der Waals surface area contributed by atoms with Crippen molar-refractivity contribution in [3.8, 4) is 23.0 Å². The van der Waals surface area contributed by atoms with E-state index in [9.17, 15) is 9.59 Å². The van der Waals surface area contributed by atoms with E-state index in [1.165, 1.54) is 19.2 Å². The number of carbonyl (C=O) groups excluding carboxylic acids is 3. The molecule has 0 amide bonds. The van der Waals surface area contributed by atoms with Crippen molar-refractivity contribution in [2.24, 2.45) is 0 Å². The molecule has 246 valence electrons. The van der Waals surface area contributed by atoms with Crippen molar-refractivity contribution in [3.05, 3.63) is 120 Å². The van der Waals surface area contributed by atoms with Gasteiger partial charge in [0.15, 0.2) is 12.6 Å². The number of hydrogen-bond acceptors (Lipinski definition) is 11. The number of hydrogen-bond donors (Lipinski definition) is 1. The van der Waals surface area contributed by atoms with Crippen molar-refractivity contribution in [2.45, 2.75) is 12.5 Å². The average Bonchev–Trinajstić information content (AvgIpc) is 3.82. The number of rotatable bonds is 9. The molecule has 0 spiro atoms. The minimum atomic E-state index is -0.181. The third-order valence-corrected chi connectivity index (χ3v) is 6.56. The number of aromatic nitrogens is 4. The van der Waals surface area contributed by atoms with Crippen molar-refractivity contribution in [1.29, 1.82) is 0 Å². The fourth-order valence-corrected chi connectivity index (χ4v) is 4.23. The summed E-state index contributed by atoms with van der Waals surface area (Å²) in [7, 11) is 3.06. The Hall–Kier alpha value is -2.65. The first-order valence-corrected chi connectivity index (χ1v) is 14.1. The van der Waals surface area contributed by atoms with Crippen molar-refractivity contribution in [2.75, 3.05) is 14.2 Å². The molecule has 1 N–H and O–H groups in total. The van der Waals surface area contributed by atoms with Gasteiger partial charge in [0.2, 0.25) is 0 Å². The second-order valence-corrected chi connectivity index (χ2v) is 9.33. The van der Waals surface area contributed by atoms with Crippen molar-refractivity contribution < 1.29 is 148 Å². The van der Waals surface area contributed by atoms with Crippen LogP contribution >= 0.6 is 11.6 Å². The first kappa shape index (κ1) is 44.4. The molecule has 0 aliphatic rings. The number of alkyl halides is 1. The van der Waals surface area contributed by atoms with Crippen molar-refractivity contribution in [3.63, 3.8) is 0 Å². The zero-order chi connectivity index (χ0) is 34.0. The number of carbonyl (C=O) groups is 3. The molecular formula is C33H31ClK2N4O9. The maximum Gasteiger partial charge on any atom is 1.00 e. The van der Waals surface area contributed by atoms with Crippen LogP contribution in [0.3, 0.4) is 0 Å². The maximum absolute atomic E-state index is 11.1. The van der Waals surface area contributed by atoms with Gasteiger partial charge in [-0.2, -0.15) is 0 Å². The maximum atomic E-state index is 11.1. The summed E-state index contributed by atoms with van der Waals surface area (Å²) >= 11 is 5.71. The van der Waals surface area contributed by atoms with Crippen LogP contribution in [-0.2, 0) is 22.2 Å². The SMILES string of the molecule is COc1ccc(O)c(C=O)c1.COc1ccc(OCc2cccn3ccnc23)c(C=O)c1.ClCc1cccn2ccnc12.O=CO[O-].[H-].[K+].[K+]. The zero-order valence-corrected chi connectivity index (χ0v) is 34.3. The summed E-state index contributed by atoms with van der Waals surface area (Å²) in [4.78, 5) is 41.1. The number of benzene rings is 2. The molecule has 0 fully saturated rings. The Labute approximate surface area is 373 Å². The van der Waals surface area contributed by atoms with Gasteiger partial charge in [-0.25, -0.2) is 9.97 Å². The van der Waals surface area contributed by atoms with E-state index in [2.05, 4.69) is 14.9 Å². The number of pyridine rings is 2. The molecule has 13 nitrogen and oxygen atoms in total. The normalized spacial score (nSPS) is 9.39. The number of aldehydes is 2. The monoisotopic (exact) mass is 740 g/mol. The van der Waals surface area contributed by atoms with Crippen molar-refractivity contribution >= 4 is 41.9 Å². The fourth-order valence-electron chi connectivity index (χ4n) is 4.02. The van der Waals surface area contributed by atoms with E-state index in [-0.39, 0.29) is 122 Å². The minimum absolute atomic E-state index is 0. The largest absolute Gasteiger partial charge is 1.00 e. The Balaban J connectivity index is 0.000000710. The second kappa shape index (κ2) is 24.5. The number of imidazole rings is 2. The van der Waals surface area contributed by atoms with E-state index in [0.717, 1.165) is 28.7 Å². The van der Waals surface area contributed by atoms with Gasteiger partial charge in [0, 0.05) is 48.3 Å². The number of methoxy groups -OCH3 is 2. The summed E-state index contributed by atoms with van der Waals surface area (Å²) in [6, 6.07) is 17.5. The van der Waals surface area contributed by atoms with Crippen LogP contribution in [0, 0.1) is 0 Å². The Kier molecular flexibility index (Phi) is 22.2. The molecule has 0 atom stereocenters. The van der Waals surface area contributed by atoms with Gasteiger partial charge in [-0.3, -0.25) is 14.4 Å². The molecule has 0 saturated heterocycles. The molecule has 0 aliphatic heterocycles. The van der Waals surface area contributed by atoms with Gasteiger partial charge >= 0.3 is 103 Å². The molecule has 6 aromatic rings. The third-order valence-electron chi connectivity index (χ3n) is 6.27. The first-order valence-electron chi connectivity index (χ1n) is 13.6. The van der Waals surface area contributed by atoms with Crippen molar-refractivity contribution in [1.82, 2.24) is 18.8 Å². The van der Waals surface area contributed by atoms with E-state index in [4.69, 9.17) is 41.0 Å². The molecule has 0 aliphatic carbocycles. The van der Waals surface area contributed by atoms with Gasteiger partial charge in [-0.1, -0.05) is 12.1 Å². The van der Waals surface area contributed by atoms with Gasteiger partial charge < -0.3 is 39.7 Å². The van der Waals surface area contributed by atoms with E-state index >= 15 is 0 Å². The topological polar surface area (TPSA) is 166 Å². The predicted molar refractivity (Wildman–Crippen MR) is 171 cm³/mol. The third kappa shape index (κ3) is 13.5. The molecule has 4 aromatic heterocycles. The van der Waals surface area contributed by atoms with Crippen LogP contribution in [0.5, 0.6) is 23.0 Å². The Morgan fingerprint density at radius 2 is 1.31 bits per heavy atom. The number of fused-ring (bicyclic) bond motifs is 2. The summed E-state index contributed by atoms with van der Waals surface area (Å²) in [5.41, 5.74) is 4.52. The first-order chi connectivity index (χ1) is 22.9. The van der Waals surface area contributed by atoms with E-state index < -0.39 is 0 Å². The number of phenols is 1. The molecular weight excluding hydrogens is 710 g/mol. The number of ether oxygens (including phenoxy) is 3. The second-order valence-electron chi connectivity index (χ2n) is 9.06. The van der Waals surface area contributed by atoms with Gasteiger partial charge in [0.1, 0.15) is 40.9 Å². The Morgan fingerprint density at radius 3 is 1.82 bits per heavy atom. The zero-order valence-electron chi connectivity index (χ0n) is 28.3. The van der Waals surface area contributed by atoms with Crippen LogP contribution in [0.25, 0.3) is 11.3 Å². The van der Waals surface area contributed by atoms with Gasteiger partial charge in [-0.15, -0.1) is 11.6 Å². The molecule has 2 aromatic carbocycles. The molecule has 0 unspecified atom stereocenters. The Bertz CT molecular complexity index is 1910. The van der Waals surface area contributed by atoms with Crippen LogP contribution in [0.15, 0.2) is 97.8 Å². The number of aromatic hydroxyl groups is 1. The van der Waals surface area contributed by atoms with Crippen LogP contribution in [0.2, 0.25) is 0 Å². The standard InChI is InChI=1S/C16H14N2O3.C8H7ClN2.C8H8O3.CH2O3.2K.H/c1-20-14-4-5-15(13(9-14)10-19)21-11-12-3-2-7-18-8-6-17-16(12)18;9-6-7-2-1-4-11-5-3-10-8(7)11;1-11-7-2-3-8(10)6(4-7)5-9;2-1-4-3;;;/h2-10H,11H2,1H3;1-5H,6H2;2-5,10H,1H3;1,3H;;;/q;;;;2*+1;-1/p-1. The predicted octanol–water partition coefficient (Wildman–Crippen LogP) is -1.42. The van der Waals surface area contributed by atoms with Crippen LogP contribution in [0.4, 0.5) is 0 Å². The minimum Gasteiger partial charge on any atom is -1.00 e. The summed E-state index contributed by atoms with van der Waals surface area (Å²) in [5.74, 6) is 2.20. The number of nitrogens with zero attached hydrogens (tertiary/aromatic N) is 4. The average molecular weight is 741 g/mol. The Morgan fingerprint density at radius 1 is 0.796 bits per heavy atom. The summed E-state index contributed by atoms with van der Waals surface area (Å²) in [5, 5.41) is 17.5. The smallest absolute Gasteiger partial charge is 1.00 e. The van der Waals surface area contributed by atoms with E-state index in [0.29, 0.717) is 41.6 Å². The summed E-state index contributed by atoms with van der Waals surface area (Å²) in [6.45, 7) is 0.161. The summed E-state index contributed by atoms with van der Waals surface area (Å²) < 4.78 is 19.6. The van der Waals surface area contributed by atoms with Crippen LogP contribution in [-0.4, -0.2) is 57.1 Å². The molecule has 0 radical (unpaired) electrons. The summed E-state index contributed by atoms with van der Waals surface area (Å²) in [6.07, 6.45) is 12.5. The van der Waals surface area contributed by atoms with Gasteiger partial charge in [0.25, 0.3) is 6.47 Å². The molecule has 4 heterocycles. The van der Waals surface area contributed by atoms with E-state index in [1.54, 1.807) is 43.8 Å². The molecule has 16 heteroatoms. The molecule has 6 rings (SSSR count). The fraction of sp³-hybridized carbons (Fsp3) is 0.121. The van der Waals surface area contributed by atoms with E-state index in [1.807, 2.05) is 57.9 Å². The number of phenolic OH excluding ortho intramolecular Hbond substituents is 1. The van der Waals surface area contributed by atoms with Crippen LogP contribution in [0.1, 0.15) is 33.3 Å². The quantitative estimate of drug-likeness (QED) is 0.0608. The molecule has 0 bridgehead atoms. The molecule has 49 heavy (non-hydrogen) atoms. The van der Waals surface area contributed by atoms with Gasteiger partial charge in [0.05, 0.1) is 31.2 Å². The van der Waals surface area contributed by atoms with Crippen LogP contribution < -0.4 is 122 Å². The van der Waals surface area contributed by atoms with Gasteiger partial charge in [-0.05, 0) is 48.5 Å². The number of halogens is 1. The molecule has 0 saturated carbocycles.